The Hall–Kier alpha value is -2.60. The number of alkyl halides is 4. The molecule has 0 aliphatic carbocycles. The molecule has 1 heterocycles. The molecule has 6 nitrogen and oxygen atoms in total. The van der Waals surface area contributed by atoms with Gasteiger partial charge in [-0.15, -0.1) is 0 Å². The van der Waals surface area contributed by atoms with E-state index in [2.05, 4.69) is 10.3 Å². The van der Waals surface area contributed by atoms with Crippen molar-refractivity contribution >= 4 is 44.2 Å². The molecule has 0 aliphatic rings. The molecule has 0 atom stereocenters. The molecule has 0 unspecified atom stereocenters. The number of anilines is 1. The number of hydrogen-bond donors (Lipinski definition) is 1. The van der Waals surface area contributed by atoms with Gasteiger partial charge < -0.3 is 5.32 Å². The molecule has 1 N–H and O–H groups in total. The highest BCUT2D eigenvalue weighted by Crippen LogP contribution is 2.29. The highest BCUT2D eigenvalue weighted by Gasteiger charge is 2.26. The van der Waals surface area contributed by atoms with Crippen LogP contribution in [0.1, 0.15) is 6.55 Å². The van der Waals surface area contributed by atoms with Gasteiger partial charge in [-0.25, -0.2) is 13.4 Å². The van der Waals surface area contributed by atoms with Crippen LogP contribution in [-0.4, -0.2) is 35.4 Å². The Bertz CT molecular complexity index is 1130. The number of halogens is 4. The lowest BCUT2D eigenvalue weighted by Gasteiger charge is -2.08. The fourth-order valence-electron chi connectivity index (χ4n) is 2.47. The summed E-state index contributed by atoms with van der Waals surface area (Å²) < 4.78 is 75.2. The number of amides is 1. The number of para-hydroxylation sites is 2. The quantitative estimate of drug-likeness (QED) is 0.435. The molecule has 0 saturated heterocycles. The largest absolute Gasteiger partial charge is 0.341 e. The van der Waals surface area contributed by atoms with Crippen molar-refractivity contribution in [3.8, 4) is 0 Å². The zero-order chi connectivity index (χ0) is 21.2. The molecule has 1 amide bonds. The first-order valence-corrected chi connectivity index (χ1v) is 10.5. The molecule has 0 fully saturated rings. The summed E-state index contributed by atoms with van der Waals surface area (Å²) in [6, 6.07) is 10.5. The SMILES string of the molecule is O=C(CSc1nc2ccccc2n1C(F)F)Nc1ccc(S(=O)(=O)C(F)F)cc1. The Morgan fingerprint density at radius 2 is 1.72 bits per heavy atom. The Morgan fingerprint density at radius 3 is 2.34 bits per heavy atom. The van der Waals surface area contributed by atoms with Crippen LogP contribution in [-0.2, 0) is 14.6 Å². The van der Waals surface area contributed by atoms with Crippen molar-refractivity contribution < 1.29 is 30.8 Å². The van der Waals surface area contributed by atoms with Gasteiger partial charge in [0.1, 0.15) is 0 Å². The van der Waals surface area contributed by atoms with Gasteiger partial charge in [0.05, 0.1) is 21.7 Å². The number of thioether (sulfide) groups is 1. The summed E-state index contributed by atoms with van der Waals surface area (Å²) in [6.07, 6.45) is 0. The third-order valence-corrected chi connectivity index (χ3v) is 6.14. The van der Waals surface area contributed by atoms with E-state index in [9.17, 15) is 30.8 Å². The van der Waals surface area contributed by atoms with Gasteiger partial charge >= 0.3 is 12.3 Å². The molecule has 0 spiro atoms. The topological polar surface area (TPSA) is 81.1 Å². The maximum atomic E-state index is 13.4. The minimum atomic E-state index is -4.73. The van der Waals surface area contributed by atoms with Crippen molar-refractivity contribution in [2.75, 3.05) is 11.1 Å². The van der Waals surface area contributed by atoms with Crippen LogP contribution in [0.3, 0.4) is 0 Å². The van der Waals surface area contributed by atoms with E-state index in [4.69, 9.17) is 0 Å². The van der Waals surface area contributed by atoms with Crippen LogP contribution in [0.5, 0.6) is 0 Å². The summed E-state index contributed by atoms with van der Waals surface area (Å²) in [5.74, 6) is -4.35. The number of carbonyl (C=O) groups excluding carboxylic acids is 1. The van der Waals surface area contributed by atoms with E-state index in [1.807, 2.05) is 0 Å². The summed E-state index contributed by atoms with van der Waals surface area (Å²) in [6.45, 7) is -2.84. The van der Waals surface area contributed by atoms with E-state index in [1.165, 1.54) is 6.07 Å². The molecule has 3 aromatic rings. The minimum Gasteiger partial charge on any atom is -0.325 e. The van der Waals surface area contributed by atoms with Crippen LogP contribution in [0.2, 0.25) is 0 Å². The average Bonchev–Trinajstić information content (AvgIpc) is 3.05. The highest BCUT2D eigenvalue weighted by atomic mass is 32.2. The molecule has 154 valence electrons. The lowest BCUT2D eigenvalue weighted by molar-refractivity contribution is -0.113. The first-order valence-electron chi connectivity index (χ1n) is 8.00. The second-order valence-corrected chi connectivity index (χ2v) is 8.56. The second-order valence-electron chi connectivity index (χ2n) is 5.70. The molecule has 12 heteroatoms. The molecular weight excluding hydrogens is 434 g/mol. The Balaban J connectivity index is 1.68. The first kappa shape index (κ1) is 21.1. The normalized spacial score (nSPS) is 12.1. The van der Waals surface area contributed by atoms with E-state index in [0.717, 1.165) is 40.6 Å². The van der Waals surface area contributed by atoms with Crippen molar-refractivity contribution in [2.24, 2.45) is 0 Å². The summed E-state index contributed by atoms with van der Waals surface area (Å²) in [5.41, 5.74) is 0.777. The number of hydrogen-bond acceptors (Lipinski definition) is 5. The number of sulfone groups is 1. The van der Waals surface area contributed by atoms with E-state index in [0.29, 0.717) is 5.52 Å². The minimum absolute atomic E-state index is 0.0327. The number of nitrogens with one attached hydrogen (secondary N) is 1. The molecule has 0 bridgehead atoms. The summed E-state index contributed by atoms with van der Waals surface area (Å²) in [5, 5.41) is 2.40. The van der Waals surface area contributed by atoms with Crippen molar-refractivity contribution in [2.45, 2.75) is 22.4 Å². The van der Waals surface area contributed by atoms with E-state index in [-0.39, 0.29) is 22.1 Å². The van der Waals surface area contributed by atoms with Crippen LogP contribution in [0.15, 0.2) is 58.6 Å². The lowest BCUT2D eigenvalue weighted by atomic mass is 10.3. The summed E-state index contributed by atoms with van der Waals surface area (Å²) in [7, 11) is -4.73. The van der Waals surface area contributed by atoms with Crippen LogP contribution < -0.4 is 5.32 Å². The number of imidazole rings is 1. The standard InChI is InChI=1S/C17H13F4N3O3S2/c18-15(19)24-13-4-2-1-3-12(13)23-17(24)28-9-14(25)22-10-5-7-11(8-6-10)29(26,27)16(20)21/h1-8,15-16H,9H2,(H,22,25). The number of fused-ring (bicyclic) bond motifs is 1. The van der Waals surface area contributed by atoms with Crippen molar-refractivity contribution in [3.63, 3.8) is 0 Å². The molecule has 0 aliphatic heterocycles. The van der Waals surface area contributed by atoms with Crippen molar-refractivity contribution in [3.05, 3.63) is 48.5 Å². The van der Waals surface area contributed by atoms with Crippen LogP contribution >= 0.6 is 11.8 Å². The van der Waals surface area contributed by atoms with Gasteiger partial charge in [0.25, 0.3) is 0 Å². The molecule has 1 aromatic heterocycles. The van der Waals surface area contributed by atoms with Crippen molar-refractivity contribution in [1.29, 1.82) is 0 Å². The third kappa shape index (κ3) is 4.53. The molecule has 29 heavy (non-hydrogen) atoms. The number of carbonyl (C=O) groups is 1. The fourth-order valence-corrected chi connectivity index (χ4v) is 4.00. The van der Waals surface area contributed by atoms with E-state index < -0.39 is 32.9 Å². The molecular formula is C17H13F4N3O3S2. The molecule has 0 saturated carbocycles. The highest BCUT2D eigenvalue weighted by molar-refractivity contribution is 7.99. The van der Waals surface area contributed by atoms with Gasteiger partial charge in [-0.2, -0.15) is 17.6 Å². The predicted octanol–water partition coefficient (Wildman–Crippen LogP) is 4.16. The first-order chi connectivity index (χ1) is 13.7. The summed E-state index contributed by atoms with van der Waals surface area (Å²) >= 11 is 0.805. The molecule has 2 aromatic carbocycles. The van der Waals surface area contributed by atoms with Crippen molar-refractivity contribution in [1.82, 2.24) is 9.55 Å². The van der Waals surface area contributed by atoms with Gasteiger partial charge in [0.15, 0.2) is 5.16 Å². The predicted molar refractivity (Wildman–Crippen MR) is 100.0 cm³/mol. The van der Waals surface area contributed by atoms with Crippen LogP contribution in [0.25, 0.3) is 11.0 Å². The molecule has 0 radical (unpaired) electrons. The Labute approximate surface area is 166 Å². The zero-order valence-electron chi connectivity index (χ0n) is 14.4. The average molecular weight is 447 g/mol. The zero-order valence-corrected chi connectivity index (χ0v) is 16.1. The lowest BCUT2D eigenvalue weighted by Crippen LogP contribution is -2.15. The van der Waals surface area contributed by atoms with Gasteiger partial charge in [0, 0.05) is 5.69 Å². The van der Waals surface area contributed by atoms with Crippen LogP contribution in [0.4, 0.5) is 23.2 Å². The fraction of sp³-hybridized carbons (Fsp3) is 0.176. The monoisotopic (exact) mass is 447 g/mol. The maximum Gasteiger partial charge on any atom is 0.341 e. The number of aromatic nitrogens is 2. The maximum absolute atomic E-state index is 13.4. The number of rotatable bonds is 7. The van der Waals surface area contributed by atoms with Gasteiger partial charge in [0.2, 0.25) is 15.7 Å². The number of benzene rings is 2. The van der Waals surface area contributed by atoms with E-state index >= 15 is 0 Å². The molecule has 3 rings (SSSR count). The van der Waals surface area contributed by atoms with Gasteiger partial charge in [-0.05, 0) is 36.4 Å². The number of nitrogens with zero attached hydrogens (tertiary/aromatic N) is 2. The second kappa shape index (κ2) is 8.41. The third-order valence-electron chi connectivity index (χ3n) is 3.79. The summed E-state index contributed by atoms with van der Waals surface area (Å²) in [4.78, 5) is 15.6. The van der Waals surface area contributed by atoms with Gasteiger partial charge in [-0.3, -0.25) is 9.36 Å². The Kier molecular flexibility index (Phi) is 6.13. The van der Waals surface area contributed by atoms with E-state index in [1.54, 1.807) is 18.2 Å². The van der Waals surface area contributed by atoms with Crippen LogP contribution in [0, 0.1) is 0 Å². The Morgan fingerprint density at radius 1 is 1.07 bits per heavy atom. The van der Waals surface area contributed by atoms with Gasteiger partial charge in [-0.1, -0.05) is 23.9 Å². The smallest absolute Gasteiger partial charge is 0.325 e.